The summed E-state index contributed by atoms with van der Waals surface area (Å²) < 4.78 is 2.21. The molecule has 2 heterocycles. The topological polar surface area (TPSA) is 43.8 Å². The highest BCUT2D eigenvalue weighted by atomic mass is 15.2. The Labute approximate surface area is 108 Å². The molecule has 3 nitrogen and oxygen atoms in total. The third kappa shape index (κ3) is 1.62. The van der Waals surface area contributed by atoms with Crippen LogP contribution in [0, 0.1) is 6.92 Å². The van der Waals surface area contributed by atoms with E-state index in [4.69, 9.17) is 10.7 Å². The lowest BCUT2D eigenvalue weighted by Crippen LogP contribution is -2.16. The summed E-state index contributed by atoms with van der Waals surface area (Å²) in [4.78, 5) is 4.77. The first-order chi connectivity index (χ1) is 8.68. The van der Waals surface area contributed by atoms with Crippen molar-refractivity contribution in [2.24, 2.45) is 0 Å². The van der Waals surface area contributed by atoms with Crippen molar-refractivity contribution in [3.8, 4) is 11.3 Å². The second-order valence-corrected chi connectivity index (χ2v) is 5.19. The first kappa shape index (κ1) is 11.3. The maximum Gasteiger partial charge on any atom is 0.131 e. The third-order valence-corrected chi connectivity index (χ3v) is 3.88. The zero-order valence-corrected chi connectivity index (χ0v) is 11.0. The molecule has 3 heteroatoms. The molecule has 1 unspecified atom stereocenters. The minimum Gasteiger partial charge on any atom is -0.383 e. The smallest absolute Gasteiger partial charge is 0.131 e. The normalized spacial score (nSPS) is 18.7. The number of benzene rings is 1. The molecule has 3 rings (SSSR count). The maximum absolute atomic E-state index is 6.32. The quantitative estimate of drug-likeness (QED) is 0.832. The van der Waals surface area contributed by atoms with E-state index < -0.39 is 0 Å². The van der Waals surface area contributed by atoms with Crippen molar-refractivity contribution in [3.05, 3.63) is 35.7 Å². The number of nitrogens with zero attached hydrogens (tertiary/aromatic N) is 2. The summed E-state index contributed by atoms with van der Waals surface area (Å²) in [6, 6.07) is 8.78. The summed E-state index contributed by atoms with van der Waals surface area (Å²) in [6.07, 6.45) is 3.45. The first-order valence-corrected chi connectivity index (χ1v) is 6.61. The van der Waals surface area contributed by atoms with Gasteiger partial charge in [0, 0.05) is 18.0 Å². The number of rotatable bonds is 1. The summed E-state index contributed by atoms with van der Waals surface area (Å²) >= 11 is 0. The lowest BCUT2D eigenvalue weighted by atomic mass is 10.1. The van der Waals surface area contributed by atoms with Crippen LogP contribution in [0.25, 0.3) is 11.3 Å². The van der Waals surface area contributed by atoms with E-state index in [1.165, 1.54) is 18.4 Å². The molecule has 0 radical (unpaired) electrons. The number of nitrogen functional groups attached to an aromatic ring is 1. The summed E-state index contributed by atoms with van der Waals surface area (Å²) in [5, 5.41) is 0. The Morgan fingerprint density at radius 3 is 2.83 bits per heavy atom. The van der Waals surface area contributed by atoms with E-state index in [2.05, 4.69) is 30.5 Å². The fraction of sp³-hybridized carbons (Fsp3) is 0.400. The third-order valence-electron chi connectivity index (χ3n) is 3.88. The number of hydrogen-bond donors (Lipinski definition) is 1. The minimum atomic E-state index is 0.471. The number of fused-ring (bicyclic) bond motifs is 1. The highest BCUT2D eigenvalue weighted by molar-refractivity contribution is 5.73. The van der Waals surface area contributed by atoms with Gasteiger partial charge in [-0.15, -0.1) is 0 Å². The molecule has 0 fully saturated rings. The van der Waals surface area contributed by atoms with Crippen LogP contribution in [0.2, 0.25) is 0 Å². The van der Waals surface area contributed by atoms with Gasteiger partial charge in [0.1, 0.15) is 17.3 Å². The van der Waals surface area contributed by atoms with Crippen LogP contribution < -0.4 is 5.73 Å². The van der Waals surface area contributed by atoms with E-state index in [-0.39, 0.29) is 0 Å². The van der Waals surface area contributed by atoms with Crippen molar-refractivity contribution in [1.82, 2.24) is 9.55 Å². The van der Waals surface area contributed by atoms with Gasteiger partial charge in [-0.05, 0) is 32.3 Å². The first-order valence-electron chi connectivity index (χ1n) is 6.61. The molecule has 1 atom stereocenters. The molecule has 18 heavy (non-hydrogen) atoms. The number of hydrogen-bond acceptors (Lipinski definition) is 2. The molecular formula is C15H19N3. The summed E-state index contributed by atoms with van der Waals surface area (Å²) in [7, 11) is 0. The zero-order valence-electron chi connectivity index (χ0n) is 11.0. The molecule has 1 aromatic carbocycles. The van der Waals surface area contributed by atoms with E-state index in [9.17, 15) is 0 Å². The van der Waals surface area contributed by atoms with Crippen molar-refractivity contribution in [2.75, 3.05) is 5.73 Å². The van der Waals surface area contributed by atoms with Crippen molar-refractivity contribution in [1.29, 1.82) is 0 Å². The predicted molar refractivity (Wildman–Crippen MR) is 74.5 cm³/mol. The number of nitrogens with two attached hydrogens (primary N) is 1. The van der Waals surface area contributed by atoms with Gasteiger partial charge in [-0.1, -0.05) is 24.3 Å². The zero-order chi connectivity index (χ0) is 12.7. The fourth-order valence-electron chi connectivity index (χ4n) is 2.88. The van der Waals surface area contributed by atoms with Crippen LogP contribution in [0.5, 0.6) is 0 Å². The van der Waals surface area contributed by atoms with Crippen LogP contribution >= 0.6 is 0 Å². The average Bonchev–Trinajstić information content (AvgIpc) is 2.69. The predicted octanol–water partition coefficient (Wildman–Crippen LogP) is 3.34. The monoisotopic (exact) mass is 241 g/mol. The molecule has 1 aromatic heterocycles. The van der Waals surface area contributed by atoms with Crippen molar-refractivity contribution in [3.63, 3.8) is 0 Å². The Bertz CT molecular complexity index is 583. The molecule has 2 aromatic rings. The molecule has 1 aliphatic heterocycles. The Hall–Kier alpha value is -1.77. The van der Waals surface area contributed by atoms with Crippen LogP contribution in [0.15, 0.2) is 24.3 Å². The molecule has 0 saturated heterocycles. The van der Waals surface area contributed by atoms with Gasteiger partial charge in [0.05, 0.1) is 0 Å². The van der Waals surface area contributed by atoms with Crippen LogP contribution in [-0.2, 0) is 6.42 Å². The Balaban J connectivity index is 2.18. The van der Waals surface area contributed by atoms with Crippen molar-refractivity contribution >= 4 is 5.82 Å². The van der Waals surface area contributed by atoms with Crippen LogP contribution in [0.4, 0.5) is 5.82 Å². The average molecular weight is 241 g/mol. The van der Waals surface area contributed by atoms with Gasteiger partial charge in [-0.25, -0.2) is 4.98 Å². The second-order valence-electron chi connectivity index (χ2n) is 5.19. The molecule has 0 amide bonds. The molecule has 2 N–H and O–H groups in total. The number of aryl methyl sites for hydroxylation is 2. The van der Waals surface area contributed by atoms with Gasteiger partial charge in [0.2, 0.25) is 0 Å². The Morgan fingerprint density at radius 2 is 2.11 bits per heavy atom. The molecule has 0 saturated carbocycles. The Kier molecular flexibility index (Phi) is 2.62. The lowest BCUT2D eigenvalue weighted by molar-refractivity contribution is 0.430. The number of anilines is 1. The van der Waals surface area contributed by atoms with E-state index >= 15 is 0 Å². The molecule has 1 aliphatic rings. The van der Waals surface area contributed by atoms with E-state index in [1.807, 2.05) is 12.1 Å². The van der Waals surface area contributed by atoms with Gasteiger partial charge in [0.15, 0.2) is 0 Å². The van der Waals surface area contributed by atoms with E-state index in [1.54, 1.807) is 0 Å². The summed E-state index contributed by atoms with van der Waals surface area (Å²) in [6.45, 7) is 4.33. The number of aromatic nitrogens is 2. The standard InChI is InChI=1S/C15H19N3/c1-10-6-3-4-8-12(10)14-15(16)18-11(2)7-5-9-13(18)17-14/h3-4,6,8,11H,5,7,9,16H2,1-2H3. The SMILES string of the molecule is Cc1ccccc1-c1nc2n(c1N)C(C)CCC2. The number of imidazole rings is 1. The highest BCUT2D eigenvalue weighted by Crippen LogP contribution is 2.35. The minimum absolute atomic E-state index is 0.471. The van der Waals surface area contributed by atoms with Crippen molar-refractivity contribution < 1.29 is 0 Å². The highest BCUT2D eigenvalue weighted by Gasteiger charge is 2.23. The molecule has 94 valence electrons. The van der Waals surface area contributed by atoms with E-state index in [0.717, 1.165) is 29.3 Å². The molecule has 0 bridgehead atoms. The van der Waals surface area contributed by atoms with Crippen molar-refractivity contribution in [2.45, 2.75) is 39.2 Å². The second kappa shape index (κ2) is 4.16. The van der Waals surface area contributed by atoms with Gasteiger partial charge < -0.3 is 10.3 Å². The molecule has 0 spiro atoms. The van der Waals surface area contributed by atoms with Crippen LogP contribution in [-0.4, -0.2) is 9.55 Å². The fourth-order valence-corrected chi connectivity index (χ4v) is 2.88. The summed E-state index contributed by atoms with van der Waals surface area (Å²) in [5.74, 6) is 1.97. The van der Waals surface area contributed by atoms with Gasteiger partial charge in [-0.3, -0.25) is 0 Å². The lowest BCUT2D eigenvalue weighted by Gasteiger charge is -2.22. The van der Waals surface area contributed by atoms with Crippen LogP contribution in [0.3, 0.4) is 0 Å². The summed E-state index contributed by atoms with van der Waals surface area (Å²) in [5.41, 5.74) is 9.66. The maximum atomic E-state index is 6.32. The Morgan fingerprint density at radius 1 is 1.33 bits per heavy atom. The van der Waals surface area contributed by atoms with Crippen LogP contribution in [0.1, 0.15) is 37.2 Å². The molecular weight excluding hydrogens is 222 g/mol. The van der Waals surface area contributed by atoms with E-state index in [0.29, 0.717) is 6.04 Å². The largest absolute Gasteiger partial charge is 0.383 e. The van der Waals surface area contributed by atoms with Gasteiger partial charge >= 0.3 is 0 Å². The van der Waals surface area contributed by atoms with Gasteiger partial charge in [0.25, 0.3) is 0 Å². The molecule has 0 aliphatic carbocycles. The van der Waals surface area contributed by atoms with Gasteiger partial charge in [-0.2, -0.15) is 0 Å².